The van der Waals surface area contributed by atoms with Gasteiger partial charge in [-0.1, -0.05) is 0 Å². The van der Waals surface area contributed by atoms with Gasteiger partial charge in [0.05, 0.1) is 5.92 Å². The van der Waals surface area contributed by atoms with Gasteiger partial charge < -0.3 is 15.1 Å². The molecule has 2 aliphatic heterocycles. The topological polar surface area (TPSA) is 52.7 Å². The van der Waals surface area contributed by atoms with E-state index in [2.05, 4.69) is 5.32 Å². The third kappa shape index (κ3) is 4.85. The first-order chi connectivity index (χ1) is 9.61. The molecule has 2 heterocycles. The number of halogens is 1. The lowest BCUT2D eigenvalue weighted by molar-refractivity contribution is -0.136. The van der Waals surface area contributed by atoms with Gasteiger partial charge in [-0.15, -0.1) is 12.4 Å². The predicted molar refractivity (Wildman–Crippen MR) is 85.5 cm³/mol. The van der Waals surface area contributed by atoms with Gasteiger partial charge in [0.2, 0.25) is 11.8 Å². The molecule has 2 aliphatic rings. The van der Waals surface area contributed by atoms with Crippen molar-refractivity contribution in [2.75, 3.05) is 39.8 Å². The quantitative estimate of drug-likeness (QED) is 0.845. The Kier molecular flexibility index (Phi) is 7.46. The maximum absolute atomic E-state index is 12.5. The van der Waals surface area contributed by atoms with Crippen molar-refractivity contribution < 1.29 is 9.59 Å². The fraction of sp³-hybridized carbons (Fsp3) is 0.867. The zero-order chi connectivity index (χ0) is 14.5. The predicted octanol–water partition coefficient (Wildman–Crippen LogP) is 1.12. The van der Waals surface area contributed by atoms with E-state index in [1.54, 1.807) is 11.8 Å². The van der Waals surface area contributed by atoms with Crippen LogP contribution in [0.1, 0.15) is 32.6 Å². The first kappa shape index (κ1) is 18.2. The smallest absolute Gasteiger partial charge is 0.227 e. The minimum atomic E-state index is 0. The molecule has 6 heteroatoms. The zero-order valence-electron chi connectivity index (χ0n) is 13.1. The lowest BCUT2D eigenvalue weighted by atomic mass is 9.92. The van der Waals surface area contributed by atoms with Crippen LogP contribution in [0.15, 0.2) is 0 Å². The van der Waals surface area contributed by atoms with Crippen molar-refractivity contribution in [3.8, 4) is 0 Å². The number of hydrogen-bond donors (Lipinski definition) is 1. The monoisotopic (exact) mass is 317 g/mol. The maximum atomic E-state index is 12.5. The van der Waals surface area contributed by atoms with E-state index >= 15 is 0 Å². The first-order valence-corrected chi connectivity index (χ1v) is 7.80. The number of amides is 2. The fourth-order valence-electron chi connectivity index (χ4n) is 3.30. The van der Waals surface area contributed by atoms with Gasteiger partial charge in [-0.2, -0.15) is 0 Å². The molecule has 0 radical (unpaired) electrons. The van der Waals surface area contributed by atoms with Gasteiger partial charge in [0.15, 0.2) is 0 Å². The number of nitrogens with zero attached hydrogens (tertiary/aromatic N) is 2. The first-order valence-electron chi connectivity index (χ1n) is 7.80. The number of nitrogens with one attached hydrogen (secondary N) is 1. The van der Waals surface area contributed by atoms with E-state index in [-0.39, 0.29) is 30.1 Å². The van der Waals surface area contributed by atoms with Crippen LogP contribution >= 0.6 is 12.4 Å². The van der Waals surface area contributed by atoms with Crippen LogP contribution in [0.3, 0.4) is 0 Å². The molecule has 1 N–H and O–H groups in total. The molecule has 0 aromatic rings. The second-order valence-corrected chi connectivity index (χ2v) is 6.11. The highest BCUT2D eigenvalue weighted by molar-refractivity contribution is 5.85. The maximum Gasteiger partial charge on any atom is 0.227 e. The van der Waals surface area contributed by atoms with E-state index in [9.17, 15) is 9.59 Å². The van der Waals surface area contributed by atoms with Gasteiger partial charge in [-0.25, -0.2) is 0 Å². The van der Waals surface area contributed by atoms with Gasteiger partial charge in [0.1, 0.15) is 0 Å². The molecule has 2 fully saturated rings. The lowest BCUT2D eigenvalue weighted by Crippen LogP contribution is -2.43. The summed E-state index contributed by atoms with van der Waals surface area (Å²) in [6.45, 7) is 5.79. The molecule has 0 bridgehead atoms. The van der Waals surface area contributed by atoms with Gasteiger partial charge in [-0.05, 0) is 45.2 Å². The van der Waals surface area contributed by atoms with Crippen LogP contribution in [0.5, 0.6) is 0 Å². The van der Waals surface area contributed by atoms with Gasteiger partial charge in [0, 0.05) is 33.1 Å². The number of rotatable bonds is 4. The molecule has 5 nitrogen and oxygen atoms in total. The van der Waals surface area contributed by atoms with E-state index in [1.165, 1.54) is 6.42 Å². The van der Waals surface area contributed by atoms with Gasteiger partial charge in [-0.3, -0.25) is 9.59 Å². The molecule has 2 saturated heterocycles. The van der Waals surface area contributed by atoms with Gasteiger partial charge in [0.25, 0.3) is 0 Å². The highest BCUT2D eigenvalue weighted by Gasteiger charge is 2.33. The Bertz CT molecular complexity index is 357. The molecular weight excluding hydrogens is 290 g/mol. The van der Waals surface area contributed by atoms with Crippen molar-refractivity contribution in [1.29, 1.82) is 0 Å². The Labute approximate surface area is 133 Å². The van der Waals surface area contributed by atoms with Crippen molar-refractivity contribution in [3.63, 3.8) is 0 Å². The Morgan fingerprint density at radius 1 is 1.10 bits per heavy atom. The molecule has 21 heavy (non-hydrogen) atoms. The minimum Gasteiger partial charge on any atom is -0.342 e. The van der Waals surface area contributed by atoms with Gasteiger partial charge >= 0.3 is 0 Å². The normalized spacial score (nSPS) is 23.0. The molecule has 0 aromatic heterocycles. The van der Waals surface area contributed by atoms with Crippen molar-refractivity contribution in [1.82, 2.24) is 15.1 Å². The molecule has 2 amide bonds. The van der Waals surface area contributed by atoms with E-state index in [4.69, 9.17) is 0 Å². The van der Waals surface area contributed by atoms with E-state index in [0.29, 0.717) is 6.54 Å². The number of likely N-dealkylation sites (tertiary alicyclic amines) is 2. The summed E-state index contributed by atoms with van der Waals surface area (Å²) in [6, 6.07) is 0. The zero-order valence-corrected chi connectivity index (χ0v) is 14.0. The summed E-state index contributed by atoms with van der Waals surface area (Å²) in [7, 11) is 1.99. The Morgan fingerprint density at radius 2 is 1.71 bits per heavy atom. The van der Waals surface area contributed by atoms with Crippen LogP contribution in [-0.2, 0) is 9.59 Å². The Balaban J connectivity index is 0.00000220. The second-order valence-electron chi connectivity index (χ2n) is 6.11. The van der Waals surface area contributed by atoms with Crippen LogP contribution in [-0.4, -0.2) is 61.4 Å². The van der Waals surface area contributed by atoms with E-state index in [0.717, 1.165) is 51.4 Å². The highest BCUT2D eigenvalue weighted by atomic mass is 35.5. The minimum absolute atomic E-state index is 0. The van der Waals surface area contributed by atoms with Crippen molar-refractivity contribution in [2.24, 2.45) is 11.8 Å². The summed E-state index contributed by atoms with van der Waals surface area (Å²) >= 11 is 0. The van der Waals surface area contributed by atoms with Crippen molar-refractivity contribution in [3.05, 3.63) is 0 Å². The third-order valence-corrected chi connectivity index (χ3v) is 4.71. The molecule has 2 rings (SSSR count). The van der Waals surface area contributed by atoms with E-state index < -0.39 is 0 Å². The second kappa shape index (κ2) is 8.59. The molecular formula is C15H28ClN3O2. The summed E-state index contributed by atoms with van der Waals surface area (Å²) in [5.74, 6) is 1.14. The fourth-order valence-corrected chi connectivity index (χ4v) is 3.30. The molecule has 0 aliphatic carbocycles. The molecule has 1 unspecified atom stereocenters. The van der Waals surface area contributed by atoms with Crippen LogP contribution < -0.4 is 5.32 Å². The number of piperidine rings is 1. The Morgan fingerprint density at radius 3 is 2.24 bits per heavy atom. The number of carbonyl (C=O) groups is 2. The molecule has 0 aromatic carbocycles. The summed E-state index contributed by atoms with van der Waals surface area (Å²) in [4.78, 5) is 27.6. The molecule has 0 spiro atoms. The standard InChI is InChI=1S/C15H27N3O2.ClH/c1-12(19)18-10-6-14(11-18)15(20)17-8-4-13(5-9-17)3-7-16-2;/h13-14,16H,3-11H2,1-2H3;1H. The third-order valence-electron chi connectivity index (χ3n) is 4.71. The van der Waals surface area contributed by atoms with Crippen molar-refractivity contribution >= 4 is 24.2 Å². The summed E-state index contributed by atoms with van der Waals surface area (Å²) < 4.78 is 0. The molecule has 0 saturated carbocycles. The van der Waals surface area contributed by atoms with Crippen LogP contribution in [0.2, 0.25) is 0 Å². The summed E-state index contributed by atoms with van der Waals surface area (Å²) in [5.41, 5.74) is 0. The van der Waals surface area contributed by atoms with E-state index in [1.807, 2.05) is 11.9 Å². The summed E-state index contributed by atoms with van der Waals surface area (Å²) in [5, 5.41) is 3.19. The largest absolute Gasteiger partial charge is 0.342 e. The SMILES string of the molecule is CNCCC1CCN(C(=O)C2CCN(C(C)=O)C2)CC1.Cl. The lowest BCUT2D eigenvalue weighted by Gasteiger charge is -2.33. The number of carbonyl (C=O) groups excluding carboxylic acids is 2. The average molecular weight is 318 g/mol. The highest BCUT2D eigenvalue weighted by Crippen LogP contribution is 2.24. The van der Waals surface area contributed by atoms with Crippen molar-refractivity contribution in [2.45, 2.75) is 32.6 Å². The molecule has 122 valence electrons. The van der Waals surface area contributed by atoms with Crippen LogP contribution in [0, 0.1) is 11.8 Å². The molecule has 1 atom stereocenters. The summed E-state index contributed by atoms with van der Waals surface area (Å²) in [6.07, 6.45) is 4.28. The Hall–Kier alpha value is -0.810. The number of hydrogen-bond acceptors (Lipinski definition) is 3. The van der Waals surface area contributed by atoms with Crippen LogP contribution in [0.25, 0.3) is 0 Å². The average Bonchev–Trinajstić information content (AvgIpc) is 2.95. The van der Waals surface area contributed by atoms with Crippen LogP contribution in [0.4, 0.5) is 0 Å².